The average molecular weight is 196 g/mol. The molecule has 0 atom stereocenters. The maximum absolute atomic E-state index is 10.5. The van der Waals surface area contributed by atoms with Crippen molar-refractivity contribution in [2.75, 3.05) is 7.11 Å². The fraction of sp³-hybridized carbons (Fsp3) is 0.300. The van der Waals surface area contributed by atoms with Gasteiger partial charge in [0.2, 0.25) is 0 Å². The Morgan fingerprint density at radius 2 is 2.14 bits per heavy atom. The van der Waals surface area contributed by atoms with E-state index >= 15 is 0 Å². The van der Waals surface area contributed by atoms with Crippen molar-refractivity contribution >= 4 is 5.97 Å². The highest BCUT2D eigenvalue weighted by Gasteiger charge is 2.13. The first kappa shape index (κ1) is 10.4. The van der Waals surface area contributed by atoms with Crippen molar-refractivity contribution < 1.29 is 19.7 Å². The number of carbonyl (C=O) groups is 1. The summed E-state index contributed by atoms with van der Waals surface area (Å²) in [5.74, 6) is -0.605. The smallest absolute Gasteiger partial charge is 0.308 e. The molecule has 0 unspecified atom stereocenters. The van der Waals surface area contributed by atoms with Gasteiger partial charge in [-0.15, -0.1) is 0 Å². The van der Waals surface area contributed by atoms with Crippen LogP contribution >= 0.6 is 0 Å². The van der Waals surface area contributed by atoms with Gasteiger partial charge >= 0.3 is 5.97 Å². The minimum absolute atomic E-state index is 0.00764. The van der Waals surface area contributed by atoms with Crippen molar-refractivity contribution in [1.29, 1.82) is 0 Å². The second-order valence-corrected chi connectivity index (χ2v) is 2.98. The van der Waals surface area contributed by atoms with Crippen LogP contribution in [0.2, 0.25) is 0 Å². The molecule has 4 nitrogen and oxygen atoms in total. The van der Waals surface area contributed by atoms with E-state index in [1.54, 1.807) is 19.1 Å². The lowest BCUT2D eigenvalue weighted by atomic mass is 10.1. The third kappa shape index (κ3) is 1.96. The number of phenolic OH excluding ortho intramolecular Hbond substituents is 1. The summed E-state index contributed by atoms with van der Waals surface area (Å²) in [7, 11) is 1.44. The normalized spacial score (nSPS) is 9.86. The van der Waals surface area contributed by atoms with Gasteiger partial charge in [-0.2, -0.15) is 0 Å². The first-order chi connectivity index (χ1) is 6.56. The van der Waals surface area contributed by atoms with Gasteiger partial charge in [-0.3, -0.25) is 4.79 Å². The van der Waals surface area contributed by atoms with Crippen LogP contribution in [0, 0.1) is 6.92 Å². The number of hydrogen-bond acceptors (Lipinski definition) is 3. The molecule has 0 radical (unpaired) electrons. The quantitative estimate of drug-likeness (QED) is 0.765. The van der Waals surface area contributed by atoms with Crippen molar-refractivity contribution in [2.45, 2.75) is 13.3 Å². The van der Waals surface area contributed by atoms with Gasteiger partial charge in [0.1, 0.15) is 11.5 Å². The van der Waals surface area contributed by atoms with Gasteiger partial charge in [0.05, 0.1) is 13.5 Å². The van der Waals surface area contributed by atoms with E-state index in [4.69, 9.17) is 9.84 Å². The minimum Gasteiger partial charge on any atom is -0.507 e. The molecular weight excluding hydrogens is 184 g/mol. The topological polar surface area (TPSA) is 66.8 Å². The minimum atomic E-state index is -0.996. The van der Waals surface area contributed by atoms with Crippen LogP contribution in [0.5, 0.6) is 11.5 Å². The molecule has 14 heavy (non-hydrogen) atoms. The molecular formula is C10H12O4. The summed E-state index contributed by atoms with van der Waals surface area (Å²) in [6.45, 7) is 1.71. The number of carboxylic acids is 1. The summed E-state index contributed by atoms with van der Waals surface area (Å²) >= 11 is 0. The summed E-state index contributed by atoms with van der Waals surface area (Å²) in [5.41, 5.74) is 0.960. The number of rotatable bonds is 3. The lowest BCUT2D eigenvalue weighted by Gasteiger charge is -2.10. The Labute approximate surface area is 81.8 Å². The van der Waals surface area contributed by atoms with E-state index in [1.165, 1.54) is 7.11 Å². The van der Waals surface area contributed by atoms with E-state index in [9.17, 15) is 9.90 Å². The second kappa shape index (κ2) is 4.00. The number of phenols is 1. The third-order valence-corrected chi connectivity index (χ3v) is 1.99. The van der Waals surface area contributed by atoms with Crippen LogP contribution < -0.4 is 4.74 Å². The van der Waals surface area contributed by atoms with Crippen LogP contribution in [0.3, 0.4) is 0 Å². The standard InChI is InChI=1S/C10H12O4/c1-6-3-4-8(14-2)7(10(6)13)5-9(11)12/h3-4,13H,5H2,1-2H3,(H,11,12). The molecule has 4 heteroatoms. The average Bonchev–Trinajstić information content (AvgIpc) is 2.13. The number of ether oxygens (including phenoxy) is 1. The van der Waals surface area contributed by atoms with Crippen molar-refractivity contribution in [3.8, 4) is 11.5 Å². The number of aromatic hydroxyl groups is 1. The van der Waals surface area contributed by atoms with E-state index < -0.39 is 5.97 Å². The zero-order valence-corrected chi connectivity index (χ0v) is 8.07. The Kier molecular flexibility index (Phi) is 2.96. The molecule has 1 aromatic carbocycles. The van der Waals surface area contributed by atoms with E-state index in [2.05, 4.69) is 0 Å². The van der Waals surface area contributed by atoms with Crippen molar-refractivity contribution in [3.05, 3.63) is 23.3 Å². The summed E-state index contributed by atoms with van der Waals surface area (Å²) in [6, 6.07) is 3.33. The van der Waals surface area contributed by atoms with Gasteiger partial charge in [0.15, 0.2) is 0 Å². The molecule has 0 amide bonds. The number of aryl methyl sites for hydroxylation is 1. The summed E-state index contributed by atoms with van der Waals surface area (Å²) in [6.07, 6.45) is -0.239. The van der Waals surface area contributed by atoms with Gasteiger partial charge in [-0.05, 0) is 18.6 Å². The largest absolute Gasteiger partial charge is 0.507 e. The molecule has 0 aromatic heterocycles. The number of carboxylic acid groups (broad SMARTS) is 1. The molecule has 0 aliphatic rings. The molecule has 0 saturated carbocycles. The van der Waals surface area contributed by atoms with Gasteiger partial charge in [0.25, 0.3) is 0 Å². The van der Waals surface area contributed by atoms with E-state index in [0.717, 1.165) is 0 Å². The number of aliphatic carboxylic acids is 1. The van der Waals surface area contributed by atoms with Crippen molar-refractivity contribution in [2.24, 2.45) is 0 Å². The SMILES string of the molecule is COc1ccc(C)c(O)c1CC(=O)O. The predicted molar refractivity (Wildman–Crippen MR) is 50.7 cm³/mol. The third-order valence-electron chi connectivity index (χ3n) is 1.99. The maximum atomic E-state index is 10.5. The summed E-state index contributed by atoms with van der Waals surface area (Å²) < 4.78 is 4.96. The Morgan fingerprint density at radius 1 is 1.50 bits per heavy atom. The van der Waals surface area contributed by atoms with Gasteiger partial charge in [-0.1, -0.05) is 6.07 Å². The van der Waals surface area contributed by atoms with Crippen LogP contribution in [0.25, 0.3) is 0 Å². The number of methoxy groups -OCH3 is 1. The molecule has 0 aliphatic heterocycles. The van der Waals surface area contributed by atoms with Crippen molar-refractivity contribution in [3.63, 3.8) is 0 Å². The molecule has 0 heterocycles. The zero-order chi connectivity index (χ0) is 10.7. The highest BCUT2D eigenvalue weighted by molar-refractivity contribution is 5.73. The first-order valence-electron chi connectivity index (χ1n) is 4.13. The molecule has 0 spiro atoms. The lowest BCUT2D eigenvalue weighted by molar-refractivity contribution is -0.136. The fourth-order valence-electron chi connectivity index (χ4n) is 1.25. The fourth-order valence-corrected chi connectivity index (χ4v) is 1.25. The number of hydrogen-bond donors (Lipinski definition) is 2. The second-order valence-electron chi connectivity index (χ2n) is 2.98. The molecule has 0 saturated heterocycles. The van der Waals surface area contributed by atoms with Crippen LogP contribution in [0.1, 0.15) is 11.1 Å². The van der Waals surface area contributed by atoms with Gasteiger partial charge < -0.3 is 14.9 Å². The zero-order valence-electron chi connectivity index (χ0n) is 8.07. The molecule has 0 fully saturated rings. The Bertz CT molecular complexity index is 357. The molecule has 1 rings (SSSR count). The summed E-state index contributed by atoms with van der Waals surface area (Å²) in [4.78, 5) is 10.5. The first-order valence-corrected chi connectivity index (χ1v) is 4.13. The van der Waals surface area contributed by atoms with Crippen LogP contribution in [-0.4, -0.2) is 23.3 Å². The summed E-state index contributed by atoms with van der Waals surface area (Å²) in [5, 5.41) is 18.3. The molecule has 1 aromatic rings. The molecule has 2 N–H and O–H groups in total. The van der Waals surface area contributed by atoms with E-state index in [1.807, 2.05) is 0 Å². The highest BCUT2D eigenvalue weighted by atomic mass is 16.5. The van der Waals surface area contributed by atoms with Gasteiger partial charge in [-0.25, -0.2) is 0 Å². The number of benzene rings is 1. The predicted octanol–water partition coefficient (Wildman–Crippen LogP) is 1.34. The monoisotopic (exact) mass is 196 g/mol. The molecule has 0 bridgehead atoms. The van der Waals surface area contributed by atoms with Crippen LogP contribution in [0.15, 0.2) is 12.1 Å². The van der Waals surface area contributed by atoms with Crippen LogP contribution in [-0.2, 0) is 11.2 Å². The highest BCUT2D eigenvalue weighted by Crippen LogP contribution is 2.31. The molecule has 76 valence electrons. The van der Waals surface area contributed by atoms with Crippen LogP contribution in [0.4, 0.5) is 0 Å². The van der Waals surface area contributed by atoms with E-state index in [0.29, 0.717) is 16.9 Å². The Balaban J connectivity index is 3.20. The Hall–Kier alpha value is -1.71. The lowest BCUT2D eigenvalue weighted by Crippen LogP contribution is -2.03. The van der Waals surface area contributed by atoms with E-state index in [-0.39, 0.29) is 12.2 Å². The Morgan fingerprint density at radius 3 is 2.64 bits per heavy atom. The van der Waals surface area contributed by atoms with Gasteiger partial charge in [0, 0.05) is 5.56 Å². The maximum Gasteiger partial charge on any atom is 0.308 e. The van der Waals surface area contributed by atoms with Crippen molar-refractivity contribution in [1.82, 2.24) is 0 Å². The molecule has 0 aliphatic carbocycles.